The number of nitrogen functional groups attached to an aromatic ring is 1. The fourth-order valence-electron chi connectivity index (χ4n) is 5.90. The van der Waals surface area contributed by atoms with E-state index in [1.807, 2.05) is 51.1 Å². The SMILES string of the molecule is CC(C)(C)OC(=O)NCC1CCC(C(=O)N(c2ccc(-c3nn[nH]n3)cc2)[C@@H](Cc2cccc(-c3cncc(N)c3)c2)C(N)=O)CC1. The first-order valence-corrected chi connectivity index (χ1v) is 15.7. The zero-order valence-corrected chi connectivity index (χ0v) is 26.8. The van der Waals surface area contributed by atoms with Gasteiger partial charge in [-0.05, 0) is 99.0 Å². The van der Waals surface area contributed by atoms with Crippen molar-refractivity contribution in [2.75, 3.05) is 17.2 Å². The number of tetrazole rings is 1. The second-order valence-electron chi connectivity index (χ2n) is 12.9. The summed E-state index contributed by atoms with van der Waals surface area (Å²) in [4.78, 5) is 45.4. The van der Waals surface area contributed by atoms with Crippen LogP contribution in [0, 0.1) is 11.8 Å². The van der Waals surface area contributed by atoms with Crippen LogP contribution < -0.4 is 21.7 Å². The Balaban J connectivity index is 1.37. The number of hydrogen-bond acceptors (Lipinski definition) is 9. The molecule has 1 saturated carbocycles. The number of anilines is 2. The van der Waals surface area contributed by atoms with E-state index in [0.717, 1.165) is 29.5 Å². The molecule has 1 aliphatic rings. The standard InChI is InChI=1S/C34H41N9O4/c1-34(2,3)47-33(46)38-18-21-7-9-24(10-8-21)32(45)43(28-13-11-23(12-14-28)31-39-41-42-40-31)29(30(36)44)16-22-5-4-6-25(15-22)26-17-27(35)20-37-19-26/h4-6,11-15,17,19-21,24,29H,7-10,16,18,35H2,1-3H3,(H2,36,44)(H,38,46)(H,39,40,41,42)/t21?,24?,29-/m0/s1. The lowest BCUT2D eigenvalue weighted by Gasteiger charge is -2.36. The van der Waals surface area contributed by atoms with Gasteiger partial charge in [0.05, 0.1) is 5.69 Å². The topological polar surface area (TPSA) is 195 Å². The molecule has 13 nitrogen and oxygen atoms in total. The molecule has 4 aromatic rings. The molecule has 0 aliphatic heterocycles. The monoisotopic (exact) mass is 639 g/mol. The summed E-state index contributed by atoms with van der Waals surface area (Å²) < 4.78 is 5.36. The number of primary amides is 1. The van der Waals surface area contributed by atoms with Crippen molar-refractivity contribution in [3.63, 3.8) is 0 Å². The molecule has 0 spiro atoms. The Kier molecular flexibility index (Phi) is 10.1. The van der Waals surface area contributed by atoms with Gasteiger partial charge in [-0.3, -0.25) is 19.5 Å². The summed E-state index contributed by atoms with van der Waals surface area (Å²) in [6.07, 6.45) is 5.76. The highest BCUT2D eigenvalue weighted by atomic mass is 16.6. The smallest absolute Gasteiger partial charge is 0.407 e. The lowest BCUT2D eigenvalue weighted by Crippen LogP contribution is -2.52. The molecule has 13 heteroatoms. The molecule has 2 heterocycles. The van der Waals surface area contributed by atoms with Gasteiger partial charge in [0, 0.05) is 48.1 Å². The minimum absolute atomic E-state index is 0.171. The van der Waals surface area contributed by atoms with Gasteiger partial charge in [0.15, 0.2) is 0 Å². The highest BCUT2D eigenvalue weighted by molar-refractivity contribution is 6.01. The minimum atomic E-state index is -0.959. The van der Waals surface area contributed by atoms with Gasteiger partial charge in [-0.25, -0.2) is 4.79 Å². The first kappa shape index (κ1) is 33.0. The maximum Gasteiger partial charge on any atom is 0.407 e. The summed E-state index contributed by atoms with van der Waals surface area (Å²) >= 11 is 0. The van der Waals surface area contributed by atoms with E-state index in [2.05, 4.69) is 30.9 Å². The molecule has 1 atom stereocenters. The Morgan fingerprint density at radius 2 is 1.74 bits per heavy atom. The van der Waals surface area contributed by atoms with Crippen molar-refractivity contribution in [2.45, 2.75) is 64.5 Å². The van der Waals surface area contributed by atoms with Crippen molar-refractivity contribution in [1.29, 1.82) is 0 Å². The molecule has 5 rings (SSSR count). The third kappa shape index (κ3) is 8.69. The summed E-state index contributed by atoms with van der Waals surface area (Å²) in [5.41, 5.74) is 15.8. The van der Waals surface area contributed by atoms with E-state index in [-0.39, 0.29) is 24.2 Å². The van der Waals surface area contributed by atoms with Crippen molar-refractivity contribution < 1.29 is 19.1 Å². The Morgan fingerprint density at radius 1 is 1.00 bits per heavy atom. The molecule has 0 bridgehead atoms. The van der Waals surface area contributed by atoms with Crippen LogP contribution in [0.4, 0.5) is 16.2 Å². The van der Waals surface area contributed by atoms with Gasteiger partial charge < -0.3 is 21.5 Å². The van der Waals surface area contributed by atoms with Crippen LogP contribution in [0.1, 0.15) is 52.0 Å². The van der Waals surface area contributed by atoms with E-state index >= 15 is 0 Å². The zero-order chi connectivity index (χ0) is 33.6. The van der Waals surface area contributed by atoms with Gasteiger partial charge in [-0.2, -0.15) is 5.21 Å². The number of pyridine rings is 1. The molecule has 0 unspecified atom stereocenters. The largest absolute Gasteiger partial charge is 0.444 e. The highest BCUT2D eigenvalue weighted by Gasteiger charge is 2.36. The number of benzene rings is 2. The zero-order valence-electron chi connectivity index (χ0n) is 26.8. The summed E-state index contributed by atoms with van der Waals surface area (Å²) in [5.74, 6) is -0.489. The number of alkyl carbamates (subject to hydrolysis) is 1. The number of aromatic nitrogens is 5. The van der Waals surface area contributed by atoms with Gasteiger partial charge in [-0.15, -0.1) is 10.2 Å². The molecule has 0 radical (unpaired) electrons. The normalized spacial score (nSPS) is 17.0. The Bertz CT molecular complexity index is 1680. The van der Waals surface area contributed by atoms with Crippen LogP contribution in [0.5, 0.6) is 0 Å². The average Bonchev–Trinajstić information content (AvgIpc) is 3.59. The number of H-pyrrole nitrogens is 1. The molecule has 3 amide bonds. The van der Waals surface area contributed by atoms with Crippen molar-refractivity contribution in [2.24, 2.45) is 17.6 Å². The van der Waals surface area contributed by atoms with Crippen molar-refractivity contribution in [3.8, 4) is 22.5 Å². The van der Waals surface area contributed by atoms with Crippen molar-refractivity contribution in [3.05, 3.63) is 72.6 Å². The highest BCUT2D eigenvalue weighted by Crippen LogP contribution is 2.33. The van der Waals surface area contributed by atoms with Gasteiger partial charge >= 0.3 is 6.09 Å². The third-order valence-electron chi connectivity index (χ3n) is 8.21. The van der Waals surface area contributed by atoms with E-state index in [4.69, 9.17) is 16.2 Å². The first-order chi connectivity index (χ1) is 22.5. The molecule has 2 aromatic carbocycles. The summed E-state index contributed by atoms with van der Waals surface area (Å²) in [6.45, 7) is 5.93. The van der Waals surface area contributed by atoms with Crippen LogP contribution in [0.3, 0.4) is 0 Å². The minimum Gasteiger partial charge on any atom is -0.444 e. The van der Waals surface area contributed by atoms with E-state index < -0.39 is 23.6 Å². The third-order valence-corrected chi connectivity index (χ3v) is 8.21. The van der Waals surface area contributed by atoms with Crippen LogP contribution in [0.25, 0.3) is 22.5 Å². The molecule has 1 fully saturated rings. The number of rotatable bonds is 10. The number of nitrogens with two attached hydrogens (primary N) is 2. The maximum absolute atomic E-state index is 14.4. The summed E-state index contributed by atoms with van der Waals surface area (Å²) in [5, 5.41) is 17.0. The van der Waals surface area contributed by atoms with Gasteiger partial charge in [0.25, 0.3) is 0 Å². The van der Waals surface area contributed by atoms with Crippen LogP contribution in [-0.2, 0) is 20.7 Å². The molecule has 0 saturated heterocycles. The van der Waals surface area contributed by atoms with Crippen LogP contribution in [0.2, 0.25) is 0 Å². The molecule has 47 heavy (non-hydrogen) atoms. The number of amides is 3. The average molecular weight is 640 g/mol. The van der Waals surface area contributed by atoms with E-state index in [0.29, 0.717) is 42.1 Å². The molecule has 6 N–H and O–H groups in total. The van der Waals surface area contributed by atoms with Crippen LogP contribution in [0.15, 0.2) is 67.0 Å². The van der Waals surface area contributed by atoms with Gasteiger partial charge in [0.1, 0.15) is 11.6 Å². The number of hydrogen-bond donors (Lipinski definition) is 4. The summed E-state index contributed by atoms with van der Waals surface area (Å²) in [6, 6.07) is 15.7. The predicted molar refractivity (Wildman–Crippen MR) is 178 cm³/mol. The molecular formula is C34H41N9O4. The Hall–Kier alpha value is -5.33. The quantitative estimate of drug-likeness (QED) is 0.196. The number of ether oxygens (including phenoxy) is 1. The number of aromatic amines is 1. The Morgan fingerprint density at radius 3 is 2.38 bits per heavy atom. The first-order valence-electron chi connectivity index (χ1n) is 15.7. The maximum atomic E-state index is 14.4. The lowest BCUT2D eigenvalue weighted by molar-refractivity contribution is -0.127. The molecule has 246 valence electrons. The van der Waals surface area contributed by atoms with Crippen molar-refractivity contribution >= 4 is 29.3 Å². The van der Waals surface area contributed by atoms with E-state index in [1.165, 1.54) is 0 Å². The molecule has 1 aliphatic carbocycles. The van der Waals surface area contributed by atoms with Crippen molar-refractivity contribution in [1.82, 2.24) is 30.9 Å². The number of nitrogens with zero attached hydrogens (tertiary/aromatic N) is 5. The van der Waals surface area contributed by atoms with Gasteiger partial charge in [-0.1, -0.05) is 24.3 Å². The second-order valence-corrected chi connectivity index (χ2v) is 12.9. The summed E-state index contributed by atoms with van der Waals surface area (Å²) in [7, 11) is 0. The second kappa shape index (κ2) is 14.4. The lowest BCUT2D eigenvalue weighted by atomic mass is 9.81. The fraction of sp³-hybridized carbons (Fsp3) is 0.382. The predicted octanol–water partition coefficient (Wildman–Crippen LogP) is 4.27. The number of nitrogens with one attached hydrogen (secondary N) is 2. The number of carbonyl (C=O) groups is 3. The molecule has 2 aromatic heterocycles. The van der Waals surface area contributed by atoms with E-state index in [9.17, 15) is 14.4 Å². The van der Waals surface area contributed by atoms with Crippen LogP contribution in [-0.4, -0.2) is 61.7 Å². The van der Waals surface area contributed by atoms with Gasteiger partial charge in [0.2, 0.25) is 17.6 Å². The van der Waals surface area contributed by atoms with Crippen LogP contribution >= 0.6 is 0 Å². The molecular weight excluding hydrogens is 598 g/mol. The van der Waals surface area contributed by atoms with E-state index in [1.54, 1.807) is 41.6 Å². The number of carbonyl (C=O) groups excluding carboxylic acids is 3. The fourth-order valence-corrected chi connectivity index (χ4v) is 5.90. The Labute approximate surface area is 273 Å².